The number of hydrogen-bond donors (Lipinski definition) is 0. The lowest BCUT2D eigenvalue weighted by molar-refractivity contribution is 0.0391. The van der Waals surface area contributed by atoms with Crippen molar-refractivity contribution in [2.24, 2.45) is 0 Å². The Morgan fingerprint density at radius 3 is 2.68 bits per heavy atom. The lowest BCUT2D eigenvalue weighted by Gasteiger charge is -2.29. The van der Waals surface area contributed by atoms with Crippen molar-refractivity contribution in [2.75, 3.05) is 50.0 Å². The first-order valence-corrected chi connectivity index (χ1v) is 12.0. The summed E-state index contributed by atoms with van der Waals surface area (Å²) >= 11 is 2.83. The van der Waals surface area contributed by atoms with Gasteiger partial charge in [0.1, 0.15) is 11.3 Å². The zero-order valence-corrected chi connectivity index (χ0v) is 18.8. The summed E-state index contributed by atoms with van der Waals surface area (Å²) in [4.78, 5) is 22.6. The van der Waals surface area contributed by atoms with Gasteiger partial charge in [-0.25, -0.2) is 13.8 Å². The number of morpholine rings is 1. The average Bonchev–Trinajstić information content (AvgIpc) is 3.19. The summed E-state index contributed by atoms with van der Waals surface area (Å²) in [5, 5.41) is 0.366. The number of ether oxygens (including phenoxy) is 1. The van der Waals surface area contributed by atoms with Crippen molar-refractivity contribution < 1.29 is 18.3 Å². The summed E-state index contributed by atoms with van der Waals surface area (Å²) in [6, 6.07) is 9.52. The molecule has 1 aromatic heterocycles. The van der Waals surface area contributed by atoms with Gasteiger partial charge in [-0.15, -0.1) is 11.8 Å². The second-order valence-electron chi connectivity index (χ2n) is 7.10. The van der Waals surface area contributed by atoms with E-state index in [0.29, 0.717) is 41.7 Å². The molecular weight excluding hydrogens is 440 g/mol. The highest BCUT2D eigenvalue weighted by Crippen LogP contribution is 2.32. The molecule has 5 nitrogen and oxygen atoms in total. The second kappa shape index (κ2) is 10.0. The SMILES string of the molecule is CCSc1ccc(C(=O)N(CCN2CCOCC2)c2nc3c(F)cc(F)cc3s2)cc1. The Balaban J connectivity index is 1.63. The van der Waals surface area contributed by atoms with Gasteiger partial charge in [-0.3, -0.25) is 14.6 Å². The van der Waals surface area contributed by atoms with Crippen LogP contribution in [0.5, 0.6) is 0 Å². The molecular formula is C22H23F2N3O2S2. The van der Waals surface area contributed by atoms with Crippen molar-refractivity contribution in [3.63, 3.8) is 0 Å². The van der Waals surface area contributed by atoms with E-state index in [1.165, 1.54) is 6.07 Å². The van der Waals surface area contributed by atoms with E-state index in [9.17, 15) is 13.6 Å². The van der Waals surface area contributed by atoms with E-state index in [2.05, 4.69) is 16.8 Å². The summed E-state index contributed by atoms with van der Waals surface area (Å²) in [6.45, 7) is 6.04. The summed E-state index contributed by atoms with van der Waals surface area (Å²) < 4.78 is 33.7. The first kappa shape index (κ1) is 22.1. The van der Waals surface area contributed by atoms with Crippen LogP contribution in [-0.2, 0) is 4.74 Å². The van der Waals surface area contributed by atoms with Gasteiger partial charge in [0, 0.05) is 42.7 Å². The Hall–Kier alpha value is -2.07. The van der Waals surface area contributed by atoms with Crippen LogP contribution in [0, 0.1) is 11.6 Å². The number of rotatable bonds is 7. The van der Waals surface area contributed by atoms with Crippen LogP contribution in [0.4, 0.5) is 13.9 Å². The Kier molecular flexibility index (Phi) is 7.16. The van der Waals surface area contributed by atoms with E-state index in [-0.39, 0.29) is 11.4 Å². The standard InChI is InChI=1S/C22H23F2N3O2S2/c1-2-30-17-5-3-15(4-6-17)21(28)27(8-7-26-9-11-29-12-10-26)22-25-20-18(24)13-16(23)14-19(20)31-22/h3-6,13-14H,2,7-12H2,1H3. The molecule has 3 aromatic rings. The molecule has 1 aliphatic heterocycles. The van der Waals surface area contributed by atoms with Crippen LogP contribution in [0.15, 0.2) is 41.3 Å². The van der Waals surface area contributed by atoms with E-state index in [0.717, 1.165) is 41.1 Å². The predicted molar refractivity (Wildman–Crippen MR) is 121 cm³/mol. The minimum absolute atomic E-state index is 0.0836. The van der Waals surface area contributed by atoms with Crippen molar-refractivity contribution in [3.05, 3.63) is 53.6 Å². The molecule has 1 saturated heterocycles. The zero-order chi connectivity index (χ0) is 21.8. The highest BCUT2D eigenvalue weighted by Gasteiger charge is 2.24. The molecule has 0 bridgehead atoms. The zero-order valence-electron chi connectivity index (χ0n) is 17.1. The number of thiazole rings is 1. The first-order chi connectivity index (χ1) is 15.0. The number of aromatic nitrogens is 1. The van der Waals surface area contributed by atoms with Crippen LogP contribution in [0.3, 0.4) is 0 Å². The fourth-order valence-electron chi connectivity index (χ4n) is 3.43. The molecule has 0 radical (unpaired) electrons. The summed E-state index contributed by atoms with van der Waals surface area (Å²) in [6.07, 6.45) is 0. The third-order valence-electron chi connectivity index (χ3n) is 5.03. The molecule has 31 heavy (non-hydrogen) atoms. The third-order valence-corrected chi connectivity index (χ3v) is 6.95. The molecule has 2 heterocycles. The van der Waals surface area contributed by atoms with Gasteiger partial charge in [0.2, 0.25) is 0 Å². The topological polar surface area (TPSA) is 45.7 Å². The lowest BCUT2D eigenvalue weighted by Crippen LogP contribution is -2.43. The van der Waals surface area contributed by atoms with Gasteiger partial charge in [-0.05, 0) is 36.1 Å². The van der Waals surface area contributed by atoms with Crippen LogP contribution >= 0.6 is 23.1 Å². The van der Waals surface area contributed by atoms with E-state index in [4.69, 9.17) is 4.74 Å². The second-order valence-corrected chi connectivity index (χ2v) is 9.45. The number of benzene rings is 2. The van der Waals surface area contributed by atoms with Crippen molar-refractivity contribution in [1.29, 1.82) is 0 Å². The fourth-order valence-corrected chi connectivity index (χ4v) is 5.12. The van der Waals surface area contributed by atoms with Gasteiger partial charge in [-0.2, -0.15) is 0 Å². The lowest BCUT2D eigenvalue weighted by atomic mass is 10.2. The number of halogens is 2. The van der Waals surface area contributed by atoms with Crippen LogP contribution in [-0.4, -0.2) is 60.9 Å². The van der Waals surface area contributed by atoms with Crippen molar-refractivity contribution in [2.45, 2.75) is 11.8 Å². The van der Waals surface area contributed by atoms with E-state index >= 15 is 0 Å². The quantitative estimate of drug-likeness (QED) is 0.477. The van der Waals surface area contributed by atoms with E-state index in [1.54, 1.807) is 28.8 Å². The highest BCUT2D eigenvalue weighted by molar-refractivity contribution is 7.99. The molecule has 0 aliphatic carbocycles. The van der Waals surface area contributed by atoms with Crippen molar-refractivity contribution >= 4 is 44.4 Å². The number of nitrogens with zero attached hydrogens (tertiary/aromatic N) is 3. The number of hydrogen-bond acceptors (Lipinski definition) is 6. The molecule has 1 fully saturated rings. The van der Waals surface area contributed by atoms with Crippen LogP contribution in [0.2, 0.25) is 0 Å². The van der Waals surface area contributed by atoms with E-state index < -0.39 is 11.6 Å². The van der Waals surface area contributed by atoms with Gasteiger partial charge in [-0.1, -0.05) is 18.3 Å². The molecule has 4 rings (SSSR count). The molecule has 0 saturated carbocycles. The largest absolute Gasteiger partial charge is 0.379 e. The predicted octanol–water partition coefficient (Wildman–Crippen LogP) is 4.67. The fraction of sp³-hybridized carbons (Fsp3) is 0.364. The minimum Gasteiger partial charge on any atom is -0.379 e. The number of carbonyl (C=O) groups excluding carboxylic acids is 1. The number of carbonyl (C=O) groups is 1. The molecule has 1 amide bonds. The Bertz CT molecular complexity index is 1050. The van der Waals surface area contributed by atoms with Gasteiger partial charge in [0.25, 0.3) is 5.91 Å². The molecule has 164 valence electrons. The minimum atomic E-state index is -0.723. The Labute approximate surface area is 188 Å². The maximum absolute atomic E-state index is 14.2. The molecule has 0 atom stereocenters. The molecule has 0 unspecified atom stereocenters. The maximum atomic E-state index is 14.2. The molecule has 0 spiro atoms. The monoisotopic (exact) mass is 463 g/mol. The third kappa shape index (κ3) is 5.23. The Morgan fingerprint density at radius 2 is 1.97 bits per heavy atom. The van der Waals surface area contributed by atoms with Gasteiger partial charge < -0.3 is 4.74 Å². The number of fused-ring (bicyclic) bond motifs is 1. The van der Waals surface area contributed by atoms with Crippen LogP contribution < -0.4 is 4.90 Å². The van der Waals surface area contributed by atoms with Gasteiger partial charge in [0.15, 0.2) is 10.9 Å². The normalized spacial score (nSPS) is 14.8. The molecule has 9 heteroatoms. The number of anilines is 1. The molecule has 2 aromatic carbocycles. The van der Waals surface area contributed by atoms with E-state index in [1.807, 2.05) is 12.1 Å². The van der Waals surface area contributed by atoms with Gasteiger partial charge >= 0.3 is 0 Å². The number of thioether (sulfide) groups is 1. The summed E-state index contributed by atoms with van der Waals surface area (Å²) in [7, 11) is 0. The average molecular weight is 464 g/mol. The van der Waals surface area contributed by atoms with Gasteiger partial charge in [0.05, 0.1) is 17.9 Å². The van der Waals surface area contributed by atoms with Crippen LogP contribution in [0.25, 0.3) is 10.2 Å². The Morgan fingerprint density at radius 1 is 1.23 bits per heavy atom. The molecule has 0 N–H and O–H groups in total. The van der Waals surface area contributed by atoms with Crippen molar-refractivity contribution in [1.82, 2.24) is 9.88 Å². The van der Waals surface area contributed by atoms with Crippen LogP contribution in [0.1, 0.15) is 17.3 Å². The summed E-state index contributed by atoms with van der Waals surface area (Å²) in [5.41, 5.74) is 0.619. The summed E-state index contributed by atoms with van der Waals surface area (Å²) in [5.74, 6) is -0.636. The smallest absolute Gasteiger partial charge is 0.260 e. The number of amides is 1. The highest BCUT2D eigenvalue weighted by atomic mass is 32.2. The maximum Gasteiger partial charge on any atom is 0.260 e. The molecule has 1 aliphatic rings. The first-order valence-electron chi connectivity index (χ1n) is 10.2. The van der Waals surface area contributed by atoms with Crippen molar-refractivity contribution in [3.8, 4) is 0 Å².